The molecule has 7 nitrogen and oxygen atoms in total. The zero-order chi connectivity index (χ0) is 15.7. The molecule has 0 spiro atoms. The van der Waals surface area contributed by atoms with Gasteiger partial charge >= 0.3 is 0 Å². The normalized spacial score (nSPS) is 23.5. The van der Waals surface area contributed by atoms with Crippen molar-refractivity contribution < 1.29 is 12.9 Å². The molecule has 1 atom stereocenters. The van der Waals surface area contributed by atoms with Gasteiger partial charge in [-0.2, -0.15) is 4.98 Å². The molecule has 3 rings (SSSR count). The largest absolute Gasteiger partial charge is 0.339 e. The molecule has 0 bridgehead atoms. The third-order valence-electron chi connectivity index (χ3n) is 4.45. The first kappa shape index (κ1) is 15.9. The van der Waals surface area contributed by atoms with Crippen molar-refractivity contribution in [3.05, 3.63) is 11.7 Å². The predicted molar refractivity (Wildman–Crippen MR) is 81.9 cm³/mol. The molecule has 0 amide bonds. The van der Waals surface area contributed by atoms with Gasteiger partial charge in [0, 0.05) is 20.0 Å². The van der Waals surface area contributed by atoms with Gasteiger partial charge in [-0.25, -0.2) is 12.7 Å². The maximum Gasteiger partial charge on any atom is 0.229 e. The topological polar surface area (TPSA) is 79.5 Å². The molecule has 1 aromatic heterocycles. The summed E-state index contributed by atoms with van der Waals surface area (Å²) in [7, 11) is 0.0382. The summed E-state index contributed by atoms with van der Waals surface area (Å²) in [6.07, 6.45) is 5.05. The molecule has 1 aromatic rings. The zero-order valence-corrected chi connectivity index (χ0v) is 14.0. The first-order chi connectivity index (χ1) is 10.5. The fourth-order valence-electron chi connectivity index (χ4n) is 2.90. The maximum atomic E-state index is 11.8. The van der Waals surface area contributed by atoms with Gasteiger partial charge in [-0.3, -0.25) is 4.90 Å². The summed E-state index contributed by atoms with van der Waals surface area (Å²) in [6.45, 7) is 1.73. The Hall–Kier alpha value is -0.990. The summed E-state index contributed by atoms with van der Waals surface area (Å²) in [4.78, 5) is 6.83. The number of hydrogen-bond acceptors (Lipinski definition) is 6. The van der Waals surface area contributed by atoms with Crippen LogP contribution >= 0.6 is 0 Å². The van der Waals surface area contributed by atoms with E-state index in [2.05, 4.69) is 15.0 Å². The number of likely N-dealkylation sites (tertiary alicyclic amines) is 1. The highest BCUT2D eigenvalue weighted by Gasteiger charge is 2.34. The van der Waals surface area contributed by atoms with Crippen LogP contribution in [0.1, 0.15) is 55.8 Å². The minimum atomic E-state index is -3.11. The van der Waals surface area contributed by atoms with Crippen LogP contribution in [0.2, 0.25) is 0 Å². The lowest BCUT2D eigenvalue weighted by atomic mass is 10.2. The van der Waals surface area contributed by atoms with Gasteiger partial charge in [0.1, 0.15) is 0 Å². The Kier molecular flexibility index (Phi) is 4.52. The van der Waals surface area contributed by atoms with Gasteiger partial charge < -0.3 is 4.52 Å². The standard InChI is InChI=1S/C14H24N4O3S/c1-17(2)22(19,20)10-4-9-18-8-3-5-12(18)13-15-14(21-16-13)11-6-7-11/h11-12H,3-10H2,1-2H3/t12-/m0/s1. The van der Waals surface area contributed by atoms with E-state index in [9.17, 15) is 8.42 Å². The molecule has 22 heavy (non-hydrogen) atoms. The summed E-state index contributed by atoms with van der Waals surface area (Å²) in [5.74, 6) is 2.20. The highest BCUT2D eigenvalue weighted by Crippen LogP contribution is 2.40. The van der Waals surface area contributed by atoms with Crippen LogP contribution in [0.3, 0.4) is 0 Å². The van der Waals surface area contributed by atoms with Crippen LogP contribution in [0.4, 0.5) is 0 Å². The molecule has 0 aromatic carbocycles. The van der Waals surface area contributed by atoms with E-state index in [1.165, 1.54) is 4.31 Å². The van der Waals surface area contributed by atoms with Crippen LogP contribution in [0.5, 0.6) is 0 Å². The molecule has 124 valence electrons. The molecule has 0 radical (unpaired) electrons. The molecule has 2 fully saturated rings. The molecule has 2 aliphatic rings. The van der Waals surface area contributed by atoms with E-state index in [1.807, 2.05) is 0 Å². The van der Waals surface area contributed by atoms with Crippen molar-refractivity contribution in [1.82, 2.24) is 19.3 Å². The molecule has 0 unspecified atom stereocenters. The van der Waals surface area contributed by atoms with Crippen LogP contribution in [0.15, 0.2) is 4.52 Å². The summed E-state index contributed by atoms with van der Waals surface area (Å²) >= 11 is 0. The van der Waals surface area contributed by atoms with Gasteiger partial charge in [0.05, 0.1) is 11.8 Å². The van der Waals surface area contributed by atoms with E-state index < -0.39 is 10.0 Å². The first-order valence-corrected chi connectivity index (χ1v) is 9.56. The number of sulfonamides is 1. The summed E-state index contributed by atoms with van der Waals surface area (Å²) in [5, 5.41) is 4.14. The quantitative estimate of drug-likeness (QED) is 0.752. The van der Waals surface area contributed by atoms with Crippen molar-refractivity contribution in [2.45, 2.75) is 44.1 Å². The number of aromatic nitrogens is 2. The molecule has 1 saturated carbocycles. The predicted octanol–water partition coefficient (Wildman–Crippen LogP) is 1.37. The Morgan fingerprint density at radius 3 is 2.77 bits per heavy atom. The second kappa shape index (κ2) is 6.25. The number of nitrogens with zero attached hydrogens (tertiary/aromatic N) is 4. The van der Waals surface area contributed by atoms with Crippen LogP contribution < -0.4 is 0 Å². The van der Waals surface area contributed by atoms with Gasteiger partial charge in [-0.05, 0) is 45.2 Å². The Morgan fingerprint density at radius 1 is 1.32 bits per heavy atom. The zero-order valence-electron chi connectivity index (χ0n) is 13.2. The van der Waals surface area contributed by atoms with Crippen molar-refractivity contribution in [2.24, 2.45) is 0 Å². The van der Waals surface area contributed by atoms with Crippen LogP contribution in [0, 0.1) is 0 Å². The summed E-state index contributed by atoms with van der Waals surface area (Å²) < 4.78 is 30.3. The lowest BCUT2D eigenvalue weighted by Crippen LogP contribution is -2.30. The fourth-order valence-corrected chi connectivity index (χ4v) is 3.76. The van der Waals surface area contributed by atoms with E-state index in [4.69, 9.17) is 4.52 Å². The number of rotatable bonds is 7. The van der Waals surface area contributed by atoms with Crippen LogP contribution in [-0.4, -0.2) is 60.7 Å². The van der Waals surface area contributed by atoms with Gasteiger partial charge in [0.2, 0.25) is 15.9 Å². The lowest BCUT2D eigenvalue weighted by Gasteiger charge is -2.22. The summed E-state index contributed by atoms with van der Waals surface area (Å²) in [6, 6.07) is 0.179. The van der Waals surface area contributed by atoms with Gasteiger partial charge in [0.25, 0.3) is 0 Å². The Morgan fingerprint density at radius 2 is 2.09 bits per heavy atom. The lowest BCUT2D eigenvalue weighted by molar-refractivity contribution is 0.242. The Bertz CT molecular complexity index is 609. The monoisotopic (exact) mass is 328 g/mol. The molecular formula is C14H24N4O3S. The highest BCUT2D eigenvalue weighted by molar-refractivity contribution is 7.89. The van der Waals surface area contributed by atoms with Crippen molar-refractivity contribution >= 4 is 10.0 Å². The first-order valence-electron chi connectivity index (χ1n) is 7.95. The SMILES string of the molecule is CN(C)S(=O)(=O)CCCN1CCC[C@H]1c1noc(C2CC2)n1. The fraction of sp³-hybridized carbons (Fsp3) is 0.857. The minimum Gasteiger partial charge on any atom is -0.339 e. The number of hydrogen-bond donors (Lipinski definition) is 0. The van der Waals surface area contributed by atoms with Gasteiger partial charge in [-0.15, -0.1) is 0 Å². The second-order valence-electron chi connectivity index (χ2n) is 6.41. The van der Waals surface area contributed by atoms with Gasteiger partial charge in [-0.1, -0.05) is 5.16 Å². The average molecular weight is 328 g/mol. The Labute approximate surface area is 131 Å². The van der Waals surface area contributed by atoms with E-state index in [0.29, 0.717) is 12.3 Å². The Balaban J connectivity index is 1.56. The third kappa shape index (κ3) is 3.49. The van der Waals surface area contributed by atoms with Gasteiger partial charge in [0.15, 0.2) is 5.82 Å². The molecule has 1 saturated heterocycles. The molecular weight excluding hydrogens is 304 g/mol. The van der Waals surface area contributed by atoms with Crippen molar-refractivity contribution in [1.29, 1.82) is 0 Å². The average Bonchev–Trinajstić information content (AvgIpc) is 3.01. The molecule has 1 aliphatic carbocycles. The maximum absolute atomic E-state index is 11.8. The van der Waals surface area contributed by atoms with E-state index >= 15 is 0 Å². The van der Waals surface area contributed by atoms with Crippen LogP contribution in [0.25, 0.3) is 0 Å². The second-order valence-corrected chi connectivity index (χ2v) is 8.71. The minimum absolute atomic E-state index is 0.179. The van der Waals surface area contributed by atoms with E-state index in [0.717, 1.165) is 50.5 Å². The molecule has 8 heteroatoms. The molecule has 2 heterocycles. The van der Waals surface area contributed by atoms with E-state index in [-0.39, 0.29) is 11.8 Å². The summed E-state index contributed by atoms with van der Waals surface area (Å²) in [5.41, 5.74) is 0. The van der Waals surface area contributed by atoms with Crippen molar-refractivity contribution in [2.75, 3.05) is 32.9 Å². The van der Waals surface area contributed by atoms with Crippen molar-refractivity contribution in [3.8, 4) is 0 Å². The molecule has 1 aliphatic heterocycles. The highest BCUT2D eigenvalue weighted by atomic mass is 32.2. The van der Waals surface area contributed by atoms with E-state index in [1.54, 1.807) is 14.1 Å². The molecule has 0 N–H and O–H groups in total. The third-order valence-corrected chi connectivity index (χ3v) is 6.37. The smallest absolute Gasteiger partial charge is 0.229 e. The van der Waals surface area contributed by atoms with Crippen molar-refractivity contribution in [3.63, 3.8) is 0 Å². The van der Waals surface area contributed by atoms with Crippen LogP contribution in [-0.2, 0) is 10.0 Å².